The molecule has 1 atom stereocenters. The Bertz CT molecular complexity index is 640. The van der Waals surface area contributed by atoms with Gasteiger partial charge in [0.1, 0.15) is 5.82 Å². The Hall–Kier alpha value is -1.47. The third-order valence-electron chi connectivity index (χ3n) is 3.09. The van der Waals surface area contributed by atoms with E-state index >= 15 is 0 Å². The van der Waals surface area contributed by atoms with Crippen molar-refractivity contribution in [3.05, 3.63) is 35.6 Å². The van der Waals surface area contributed by atoms with Crippen LogP contribution in [0.25, 0.3) is 0 Å². The number of thioether (sulfide) groups is 1. The molecule has 4 nitrogen and oxygen atoms in total. The first kappa shape index (κ1) is 14.5. The van der Waals surface area contributed by atoms with Crippen LogP contribution < -0.4 is 5.32 Å². The second-order valence-corrected chi connectivity index (χ2v) is 7.49. The van der Waals surface area contributed by atoms with Crippen LogP contribution in [0.2, 0.25) is 0 Å². The Morgan fingerprint density at radius 1 is 1.38 bits per heavy atom. The van der Waals surface area contributed by atoms with E-state index in [2.05, 4.69) is 15.5 Å². The first-order valence-electron chi connectivity index (χ1n) is 6.68. The van der Waals surface area contributed by atoms with Crippen molar-refractivity contribution in [1.82, 2.24) is 10.2 Å². The van der Waals surface area contributed by atoms with Crippen LogP contribution in [0.5, 0.6) is 0 Å². The lowest BCUT2D eigenvalue weighted by Gasteiger charge is -2.07. The van der Waals surface area contributed by atoms with Crippen LogP contribution in [0, 0.1) is 5.82 Å². The van der Waals surface area contributed by atoms with Crippen molar-refractivity contribution in [3.8, 4) is 0 Å². The van der Waals surface area contributed by atoms with Crippen LogP contribution in [0.3, 0.4) is 0 Å². The Kier molecular flexibility index (Phi) is 4.21. The molecule has 1 fully saturated rings. The average Bonchev–Trinajstić information content (AvgIpc) is 3.18. The van der Waals surface area contributed by atoms with Crippen LogP contribution in [0.15, 0.2) is 28.6 Å². The molecule has 1 aliphatic rings. The van der Waals surface area contributed by atoms with Crippen molar-refractivity contribution in [2.45, 2.75) is 35.4 Å². The first-order chi connectivity index (χ1) is 10.1. The smallest absolute Gasteiger partial charge is 0.206 e. The van der Waals surface area contributed by atoms with Gasteiger partial charge in [-0.1, -0.05) is 23.1 Å². The van der Waals surface area contributed by atoms with Crippen molar-refractivity contribution in [1.29, 1.82) is 0 Å². The standard InChI is InChI=1S/C14H14FN3OS2/c1-8(12(19)9-2-4-10(15)5-3-9)20-14-18-17-13(21-14)16-11-6-7-11/h2-5,8,11H,6-7H2,1H3,(H,16,17). The summed E-state index contributed by atoms with van der Waals surface area (Å²) in [4.78, 5) is 12.3. The van der Waals surface area contributed by atoms with Crippen molar-refractivity contribution in [2.75, 3.05) is 5.32 Å². The summed E-state index contributed by atoms with van der Waals surface area (Å²) in [7, 11) is 0. The Labute approximate surface area is 130 Å². The largest absolute Gasteiger partial charge is 0.357 e. The van der Waals surface area contributed by atoms with Crippen LogP contribution in [0.1, 0.15) is 30.1 Å². The van der Waals surface area contributed by atoms with E-state index in [4.69, 9.17) is 0 Å². The molecule has 0 bridgehead atoms. The fraction of sp³-hybridized carbons (Fsp3) is 0.357. The van der Waals surface area contributed by atoms with Gasteiger partial charge in [-0.3, -0.25) is 4.79 Å². The summed E-state index contributed by atoms with van der Waals surface area (Å²) in [6, 6.07) is 6.15. The second kappa shape index (κ2) is 6.11. The van der Waals surface area contributed by atoms with Gasteiger partial charge in [0.05, 0.1) is 5.25 Å². The van der Waals surface area contributed by atoms with Crippen LogP contribution in [-0.2, 0) is 0 Å². The number of nitrogens with one attached hydrogen (secondary N) is 1. The molecule has 1 heterocycles. The van der Waals surface area contributed by atoms with Gasteiger partial charge >= 0.3 is 0 Å². The van der Waals surface area contributed by atoms with Crippen molar-refractivity contribution < 1.29 is 9.18 Å². The van der Waals surface area contributed by atoms with Crippen molar-refractivity contribution in [3.63, 3.8) is 0 Å². The fourth-order valence-electron chi connectivity index (χ4n) is 1.77. The van der Waals surface area contributed by atoms with E-state index in [1.807, 2.05) is 6.92 Å². The average molecular weight is 323 g/mol. The lowest BCUT2D eigenvalue weighted by molar-refractivity contribution is 0.0994. The van der Waals surface area contributed by atoms with Crippen LogP contribution in [0.4, 0.5) is 9.52 Å². The molecule has 0 saturated heterocycles. The molecule has 7 heteroatoms. The summed E-state index contributed by atoms with van der Waals surface area (Å²) >= 11 is 2.84. The molecular formula is C14H14FN3OS2. The topological polar surface area (TPSA) is 54.9 Å². The molecule has 0 aliphatic heterocycles. The minimum absolute atomic E-state index is 0.0353. The van der Waals surface area contributed by atoms with Gasteiger partial charge in [0.25, 0.3) is 0 Å². The monoisotopic (exact) mass is 323 g/mol. The van der Waals surface area contributed by atoms with Crippen molar-refractivity contribution >= 4 is 34.0 Å². The highest BCUT2D eigenvalue weighted by atomic mass is 32.2. The lowest BCUT2D eigenvalue weighted by atomic mass is 10.1. The molecule has 21 heavy (non-hydrogen) atoms. The number of aromatic nitrogens is 2. The minimum atomic E-state index is -0.341. The van der Waals surface area contributed by atoms with Gasteiger partial charge in [-0.05, 0) is 44.0 Å². The molecule has 3 rings (SSSR count). The van der Waals surface area contributed by atoms with Gasteiger partial charge < -0.3 is 5.32 Å². The molecule has 1 aliphatic carbocycles. The van der Waals surface area contributed by atoms with Gasteiger partial charge in [0.2, 0.25) is 5.13 Å². The Morgan fingerprint density at radius 3 is 2.76 bits per heavy atom. The number of hydrogen-bond donors (Lipinski definition) is 1. The number of ketones is 1. The van der Waals surface area contributed by atoms with Gasteiger partial charge in [-0.25, -0.2) is 4.39 Å². The molecule has 1 unspecified atom stereocenters. The van der Waals surface area contributed by atoms with Gasteiger partial charge in [0, 0.05) is 11.6 Å². The number of anilines is 1. The quantitative estimate of drug-likeness (QED) is 0.650. The highest BCUT2D eigenvalue weighted by molar-refractivity contribution is 8.02. The molecule has 0 amide bonds. The molecule has 110 valence electrons. The first-order valence-corrected chi connectivity index (χ1v) is 8.38. The summed E-state index contributed by atoms with van der Waals surface area (Å²) in [5.41, 5.74) is 0.511. The maximum absolute atomic E-state index is 12.9. The summed E-state index contributed by atoms with van der Waals surface area (Å²) < 4.78 is 13.6. The molecule has 1 aromatic carbocycles. The summed E-state index contributed by atoms with van der Waals surface area (Å²) in [5.74, 6) is -0.376. The second-order valence-electron chi connectivity index (χ2n) is 4.92. The Balaban J connectivity index is 1.61. The van der Waals surface area contributed by atoms with E-state index in [0.29, 0.717) is 11.6 Å². The van der Waals surface area contributed by atoms with E-state index in [-0.39, 0.29) is 16.9 Å². The van der Waals surface area contributed by atoms with Crippen LogP contribution >= 0.6 is 23.1 Å². The maximum atomic E-state index is 12.9. The molecule has 1 aromatic heterocycles. The number of rotatable bonds is 6. The number of carbonyl (C=O) groups is 1. The van der Waals surface area contributed by atoms with Crippen LogP contribution in [-0.4, -0.2) is 27.3 Å². The number of carbonyl (C=O) groups excluding carboxylic acids is 1. The lowest BCUT2D eigenvalue weighted by Crippen LogP contribution is -2.13. The zero-order valence-corrected chi connectivity index (χ0v) is 13.0. The highest BCUT2D eigenvalue weighted by Crippen LogP contribution is 2.32. The van der Waals surface area contributed by atoms with E-state index in [1.165, 1.54) is 60.2 Å². The van der Waals surface area contributed by atoms with Crippen molar-refractivity contribution in [2.24, 2.45) is 0 Å². The molecule has 0 spiro atoms. The summed E-state index contributed by atoms with van der Waals surface area (Å²) in [6.45, 7) is 1.83. The molecular weight excluding hydrogens is 309 g/mol. The molecule has 1 saturated carbocycles. The van der Waals surface area contributed by atoms with Gasteiger partial charge in [-0.2, -0.15) is 0 Å². The number of Topliss-reactive ketones (excluding diaryl/α,β-unsaturated/α-hetero) is 1. The van der Waals surface area contributed by atoms with E-state index in [0.717, 1.165) is 9.47 Å². The zero-order chi connectivity index (χ0) is 14.8. The fourth-order valence-corrected chi connectivity index (χ4v) is 3.82. The summed E-state index contributed by atoms with van der Waals surface area (Å²) in [6.07, 6.45) is 2.36. The van der Waals surface area contributed by atoms with Gasteiger partial charge in [0.15, 0.2) is 10.1 Å². The highest BCUT2D eigenvalue weighted by Gasteiger charge is 2.23. The number of halogens is 1. The van der Waals surface area contributed by atoms with E-state index < -0.39 is 0 Å². The normalized spacial score (nSPS) is 15.7. The predicted molar refractivity (Wildman–Crippen MR) is 82.6 cm³/mol. The van der Waals surface area contributed by atoms with E-state index in [9.17, 15) is 9.18 Å². The summed E-state index contributed by atoms with van der Waals surface area (Å²) in [5, 5.41) is 12.0. The number of hydrogen-bond acceptors (Lipinski definition) is 6. The maximum Gasteiger partial charge on any atom is 0.206 e. The Morgan fingerprint density at radius 2 is 2.10 bits per heavy atom. The number of benzene rings is 1. The SMILES string of the molecule is CC(Sc1nnc(NC2CC2)s1)C(=O)c1ccc(F)cc1. The zero-order valence-electron chi connectivity index (χ0n) is 11.4. The predicted octanol–water partition coefficient (Wildman–Crippen LogP) is 3.62. The minimum Gasteiger partial charge on any atom is -0.357 e. The van der Waals surface area contributed by atoms with Gasteiger partial charge in [-0.15, -0.1) is 10.2 Å². The molecule has 0 radical (unpaired) electrons. The third-order valence-corrected chi connectivity index (χ3v) is 5.13. The third kappa shape index (κ3) is 3.79. The number of nitrogens with zero attached hydrogens (tertiary/aromatic N) is 2. The van der Waals surface area contributed by atoms with E-state index in [1.54, 1.807) is 0 Å². The molecule has 2 aromatic rings. The molecule has 1 N–H and O–H groups in total.